The van der Waals surface area contributed by atoms with Crippen LogP contribution in [0.15, 0.2) is 0 Å². The average Bonchev–Trinajstić information content (AvgIpc) is 2.54. The van der Waals surface area contributed by atoms with Gasteiger partial charge in [-0.25, -0.2) is 4.98 Å². The highest BCUT2D eigenvalue weighted by molar-refractivity contribution is 5.25. The minimum Gasteiger partial charge on any atom is -0.331 e. The van der Waals surface area contributed by atoms with E-state index in [1.807, 2.05) is 0 Å². The molecule has 0 aromatic carbocycles. The molecule has 1 fully saturated rings. The molecule has 1 aromatic heterocycles. The number of nitrogens with zero attached hydrogens (tertiary/aromatic N) is 2. The average molecular weight is 219 g/mol. The maximum Gasteiger partial charge on any atom is 0.112 e. The molecule has 1 saturated carbocycles. The summed E-state index contributed by atoms with van der Waals surface area (Å²) in [6.07, 6.45) is 6.57. The molecule has 88 valence electrons. The highest BCUT2D eigenvalue weighted by atomic mass is 15.1. The van der Waals surface area contributed by atoms with Gasteiger partial charge in [0.15, 0.2) is 0 Å². The zero-order chi connectivity index (χ0) is 11.1. The van der Waals surface area contributed by atoms with E-state index in [0.29, 0.717) is 5.92 Å². The van der Waals surface area contributed by atoms with Crippen molar-refractivity contribution in [2.75, 3.05) is 6.54 Å². The van der Waals surface area contributed by atoms with E-state index in [4.69, 9.17) is 10.7 Å². The van der Waals surface area contributed by atoms with Crippen molar-refractivity contribution < 1.29 is 0 Å². The molecule has 3 heteroatoms. The molecule has 0 radical (unpaired) electrons. The van der Waals surface area contributed by atoms with E-state index in [9.17, 15) is 0 Å². The van der Waals surface area contributed by atoms with Crippen molar-refractivity contribution in [3.8, 4) is 0 Å². The van der Waals surface area contributed by atoms with E-state index >= 15 is 0 Å². The molecule has 0 amide bonds. The van der Waals surface area contributed by atoms with Crippen LogP contribution >= 0.6 is 0 Å². The summed E-state index contributed by atoms with van der Waals surface area (Å²) in [5, 5.41) is 0. The Kier molecular flexibility index (Phi) is 2.51. The zero-order valence-corrected chi connectivity index (χ0v) is 10.1. The number of aromatic nitrogens is 2. The zero-order valence-electron chi connectivity index (χ0n) is 10.1. The Bertz CT molecular complexity index is 390. The number of hydrogen-bond donors (Lipinski definition) is 1. The first-order valence-electron chi connectivity index (χ1n) is 6.58. The minimum absolute atomic E-state index is 0.551. The van der Waals surface area contributed by atoms with Crippen molar-refractivity contribution in [1.29, 1.82) is 0 Å². The molecule has 16 heavy (non-hydrogen) atoms. The smallest absolute Gasteiger partial charge is 0.112 e. The fraction of sp³-hybridized carbons (Fsp3) is 0.769. The van der Waals surface area contributed by atoms with Gasteiger partial charge in [0.2, 0.25) is 0 Å². The number of imidazole rings is 1. The molecule has 2 heterocycles. The van der Waals surface area contributed by atoms with Crippen LogP contribution in [0.2, 0.25) is 0 Å². The molecular weight excluding hydrogens is 198 g/mol. The van der Waals surface area contributed by atoms with Crippen molar-refractivity contribution in [2.24, 2.45) is 5.73 Å². The molecule has 1 atom stereocenters. The Morgan fingerprint density at radius 3 is 2.75 bits per heavy atom. The van der Waals surface area contributed by atoms with E-state index in [2.05, 4.69) is 11.5 Å². The Morgan fingerprint density at radius 1 is 1.31 bits per heavy atom. The Morgan fingerprint density at radius 2 is 2.12 bits per heavy atom. The lowest BCUT2D eigenvalue weighted by atomic mass is 9.84. The third-order valence-electron chi connectivity index (χ3n) is 4.30. The van der Waals surface area contributed by atoms with Crippen LogP contribution in [0.3, 0.4) is 0 Å². The molecule has 1 unspecified atom stereocenters. The lowest BCUT2D eigenvalue weighted by Crippen LogP contribution is -2.25. The molecule has 1 aromatic rings. The van der Waals surface area contributed by atoms with Crippen molar-refractivity contribution in [3.63, 3.8) is 0 Å². The highest BCUT2D eigenvalue weighted by Crippen LogP contribution is 2.39. The van der Waals surface area contributed by atoms with E-state index in [1.165, 1.54) is 55.9 Å². The molecule has 2 aliphatic rings. The minimum atomic E-state index is 0.551. The first kappa shape index (κ1) is 10.3. The predicted molar refractivity (Wildman–Crippen MR) is 64.6 cm³/mol. The second-order valence-corrected chi connectivity index (χ2v) is 5.29. The van der Waals surface area contributed by atoms with E-state index in [0.717, 1.165) is 12.5 Å². The molecule has 0 spiro atoms. The largest absolute Gasteiger partial charge is 0.331 e. The van der Waals surface area contributed by atoms with Gasteiger partial charge < -0.3 is 10.3 Å². The van der Waals surface area contributed by atoms with Crippen molar-refractivity contribution in [1.82, 2.24) is 9.55 Å². The number of fused-ring (bicyclic) bond motifs is 1. The number of aryl methyl sites for hydroxylation is 1. The van der Waals surface area contributed by atoms with Gasteiger partial charge in [0.05, 0.1) is 5.69 Å². The van der Waals surface area contributed by atoms with Crippen LogP contribution in [0.5, 0.6) is 0 Å². The van der Waals surface area contributed by atoms with Crippen LogP contribution in [0.4, 0.5) is 0 Å². The maximum atomic E-state index is 5.88. The van der Waals surface area contributed by atoms with Crippen LogP contribution in [0, 0.1) is 6.92 Å². The van der Waals surface area contributed by atoms with Gasteiger partial charge in [-0.2, -0.15) is 0 Å². The second kappa shape index (κ2) is 3.88. The topological polar surface area (TPSA) is 43.8 Å². The Labute approximate surface area is 97.0 Å². The van der Waals surface area contributed by atoms with Crippen LogP contribution in [0.25, 0.3) is 0 Å². The van der Waals surface area contributed by atoms with Gasteiger partial charge in [0, 0.05) is 30.6 Å². The standard InChI is InChI=1S/C13H21N3/c1-9-12-11(8-14)6-3-7-16(12)13(15-9)10-4-2-5-10/h10-11H,2-8,14H2,1H3. The highest BCUT2D eigenvalue weighted by Gasteiger charge is 2.30. The first-order valence-corrected chi connectivity index (χ1v) is 6.58. The molecule has 1 aliphatic carbocycles. The molecule has 0 saturated heterocycles. The van der Waals surface area contributed by atoms with Gasteiger partial charge in [-0.15, -0.1) is 0 Å². The van der Waals surface area contributed by atoms with Gasteiger partial charge in [-0.05, 0) is 32.6 Å². The predicted octanol–water partition coefficient (Wildman–Crippen LogP) is 2.30. The van der Waals surface area contributed by atoms with Gasteiger partial charge >= 0.3 is 0 Å². The fourth-order valence-corrected chi connectivity index (χ4v) is 3.20. The summed E-state index contributed by atoms with van der Waals surface area (Å²) in [6, 6.07) is 0. The van der Waals surface area contributed by atoms with Gasteiger partial charge in [0.25, 0.3) is 0 Å². The summed E-state index contributed by atoms with van der Waals surface area (Å²) in [6.45, 7) is 4.09. The Hall–Kier alpha value is -0.830. The maximum absolute atomic E-state index is 5.88. The van der Waals surface area contributed by atoms with E-state index in [-0.39, 0.29) is 0 Å². The summed E-state index contributed by atoms with van der Waals surface area (Å²) in [7, 11) is 0. The third-order valence-corrected chi connectivity index (χ3v) is 4.30. The van der Waals surface area contributed by atoms with Crippen LogP contribution in [0.1, 0.15) is 61.2 Å². The second-order valence-electron chi connectivity index (χ2n) is 5.29. The summed E-state index contributed by atoms with van der Waals surface area (Å²) < 4.78 is 2.49. The molecular formula is C13H21N3. The van der Waals surface area contributed by atoms with Gasteiger partial charge in [0.1, 0.15) is 5.82 Å². The molecule has 1 aliphatic heterocycles. The van der Waals surface area contributed by atoms with Crippen LogP contribution in [-0.2, 0) is 6.54 Å². The van der Waals surface area contributed by atoms with Gasteiger partial charge in [-0.1, -0.05) is 6.42 Å². The lowest BCUT2D eigenvalue weighted by molar-refractivity contribution is 0.367. The quantitative estimate of drug-likeness (QED) is 0.829. The molecule has 3 rings (SSSR count). The van der Waals surface area contributed by atoms with E-state index in [1.54, 1.807) is 0 Å². The monoisotopic (exact) mass is 219 g/mol. The summed E-state index contributed by atoms with van der Waals surface area (Å²) in [5.74, 6) is 2.65. The number of rotatable bonds is 2. The SMILES string of the molecule is Cc1nc(C2CCC2)n2c1C(CN)CCC2. The first-order chi connectivity index (χ1) is 7.81. The van der Waals surface area contributed by atoms with Gasteiger partial charge in [-0.3, -0.25) is 0 Å². The van der Waals surface area contributed by atoms with Crippen molar-refractivity contribution in [2.45, 2.75) is 57.4 Å². The molecule has 3 nitrogen and oxygen atoms in total. The molecule has 0 bridgehead atoms. The van der Waals surface area contributed by atoms with Crippen LogP contribution in [-0.4, -0.2) is 16.1 Å². The third kappa shape index (κ3) is 1.41. The van der Waals surface area contributed by atoms with Crippen LogP contribution < -0.4 is 5.73 Å². The fourth-order valence-electron chi connectivity index (χ4n) is 3.20. The number of nitrogens with two attached hydrogens (primary N) is 1. The normalized spacial score (nSPS) is 25.2. The Balaban J connectivity index is 2.02. The van der Waals surface area contributed by atoms with Crippen molar-refractivity contribution in [3.05, 3.63) is 17.2 Å². The van der Waals surface area contributed by atoms with E-state index < -0.39 is 0 Å². The summed E-state index contributed by atoms with van der Waals surface area (Å²) in [5.41, 5.74) is 8.55. The number of hydrogen-bond acceptors (Lipinski definition) is 2. The summed E-state index contributed by atoms with van der Waals surface area (Å²) >= 11 is 0. The summed E-state index contributed by atoms with van der Waals surface area (Å²) in [4.78, 5) is 4.82. The lowest BCUT2D eigenvalue weighted by Gasteiger charge is -2.29. The molecule has 2 N–H and O–H groups in total. The van der Waals surface area contributed by atoms with Crippen molar-refractivity contribution >= 4 is 0 Å².